The number of carbonyl (C=O) groups excluding carboxylic acids is 1. The number of methoxy groups -OCH3 is 1. The summed E-state index contributed by atoms with van der Waals surface area (Å²) in [5.41, 5.74) is 6.54. The zero-order chi connectivity index (χ0) is 15.4. The molecule has 2 aromatic rings. The smallest absolute Gasteiger partial charge is 0.249 e. The monoisotopic (exact) mass is 325 g/mol. The van der Waals surface area contributed by atoms with Crippen LogP contribution in [0.15, 0.2) is 24.3 Å². The number of hydrogen-bond acceptors (Lipinski definition) is 5. The fraction of sp³-hybridized carbons (Fsp3) is 0.357. The number of hydrogen-bond donors (Lipinski definition) is 3. The van der Waals surface area contributed by atoms with Gasteiger partial charge in [-0.05, 0) is 18.1 Å². The molecular weight excluding hydrogens is 306 g/mol. The highest BCUT2D eigenvalue weighted by atomic mass is 35.5. The number of aromatic nitrogens is 3. The summed E-state index contributed by atoms with van der Waals surface area (Å²) in [7, 11) is 1.58. The number of benzene rings is 1. The molecule has 0 saturated carbocycles. The summed E-state index contributed by atoms with van der Waals surface area (Å²) >= 11 is 0. The van der Waals surface area contributed by atoms with E-state index >= 15 is 0 Å². The Kier molecular flexibility index (Phi) is 6.33. The molecule has 0 radical (unpaired) electrons. The second-order valence-electron chi connectivity index (χ2n) is 4.97. The third-order valence-corrected chi connectivity index (χ3v) is 3.10. The molecule has 0 fully saturated rings. The van der Waals surface area contributed by atoms with E-state index in [0.717, 1.165) is 5.56 Å². The van der Waals surface area contributed by atoms with Gasteiger partial charge in [0.05, 0.1) is 18.7 Å². The topological polar surface area (TPSA) is 106 Å². The van der Waals surface area contributed by atoms with Crippen molar-refractivity contribution in [1.29, 1.82) is 0 Å². The van der Waals surface area contributed by atoms with Crippen molar-refractivity contribution in [3.63, 3.8) is 0 Å². The van der Waals surface area contributed by atoms with E-state index in [0.29, 0.717) is 11.6 Å². The summed E-state index contributed by atoms with van der Waals surface area (Å²) in [5.74, 6) is 1.11. The van der Waals surface area contributed by atoms with Crippen LogP contribution in [0.3, 0.4) is 0 Å². The Morgan fingerprint density at radius 3 is 2.68 bits per heavy atom. The van der Waals surface area contributed by atoms with Gasteiger partial charge in [-0.2, -0.15) is 4.98 Å². The summed E-state index contributed by atoms with van der Waals surface area (Å²) in [6, 6.07) is 6.81. The lowest BCUT2D eigenvalue weighted by Gasteiger charge is -2.13. The van der Waals surface area contributed by atoms with Crippen LogP contribution in [-0.2, 0) is 4.79 Å². The minimum absolute atomic E-state index is 0. The van der Waals surface area contributed by atoms with Gasteiger partial charge in [-0.15, -0.1) is 17.5 Å². The van der Waals surface area contributed by atoms with Gasteiger partial charge in [0, 0.05) is 0 Å². The first kappa shape index (κ1) is 17.9. The minimum atomic E-state index is -0.599. The van der Waals surface area contributed by atoms with Crippen LogP contribution in [0.1, 0.15) is 13.8 Å². The molecule has 0 saturated heterocycles. The molecular formula is C14H20ClN5O2. The van der Waals surface area contributed by atoms with Crippen molar-refractivity contribution in [2.45, 2.75) is 19.9 Å². The zero-order valence-corrected chi connectivity index (χ0v) is 13.5. The summed E-state index contributed by atoms with van der Waals surface area (Å²) in [6.07, 6.45) is 0. The fourth-order valence-electron chi connectivity index (χ4n) is 1.77. The second-order valence-corrected chi connectivity index (χ2v) is 4.97. The van der Waals surface area contributed by atoms with E-state index in [1.165, 1.54) is 0 Å². The molecule has 2 rings (SSSR count). The number of para-hydroxylation sites is 1. The largest absolute Gasteiger partial charge is 0.496 e. The maximum Gasteiger partial charge on any atom is 0.249 e. The van der Waals surface area contributed by atoms with Crippen molar-refractivity contribution in [3.8, 4) is 17.1 Å². The lowest BCUT2D eigenvalue weighted by atomic mass is 10.1. The molecule has 1 atom stereocenters. The van der Waals surface area contributed by atoms with Crippen LogP contribution >= 0.6 is 12.4 Å². The maximum atomic E-state index is 11.9. The third-order valence-electron chi connectivity index (χ3n) is 3.10. The third kappa shape index (κ3) is 3.96. The number of amides is 1. The lowest BCUT2D eigenvalue weighted by Crippen LogP contribution is -2.40. The number of carbonyl (C=O) groups is 1. The lowest BCUT2D eigenvalue weighted by molar-refractivity contribution is -0.118. The van der Waals surface area contributed by atoms with Crippen molar-refractivity contribution >= 4 is 24.3 Å². The molecule has 8 heteroatoms. The molecule has 1 amide bonds. The van der Waals surface area contributed by atoms with Crippen molar-refractivity contribution in [2.75, 3.05) is 12.4 Å². The van der Waals surface area contributed by atoms with E-state index in [9.17, 15) is 4.79 Å². The van der Waals surface area contributed by atoms with E-state index in [2.05, 4.69) is 20.5 Å². The predicted molar refractivity (Wildman–Crippen MR) is 87.1 cm³/mol. The van der Waals surface area contributed by atoms with Gasteiger partial charge >= 0.3 is 0 Å². The normalized spacial score (nSPS) is 11.7. The van der Waals surface area contributed by atoms with E-state index in [1.807, 2.05) is 38.1 Å². The second kappa shape index (κ2) is 7.77. The number of nitrogens with two attached hydrogens (primary N) is 1. The molecule has 7 nitrogen and oxygen atoms in total. The molecule has 0 aliphatic heterocycles. The molecule has 22 heavy (non-hydrogen) atoms. The highest BCUT2D eigenvalue weighted by molar-refractivity contribution is 5.93. The molecule has 0 spiro atoms. The number of nitrogens with zero attached hydrogens (tertiary/aromatic N) is 2. The van der Waals surface area contributed by atoms with Crippen LogP contribution in [0.4, 0.5) is 5.95 Å². The Hall–Kier alpha value is -2.12. The number of anilines is 1. The van der Waals surface area contributed by atoms with E-state index < -0.39 is 6.04 Å². The van der Waals surface area contributed by atoms with Crippen LogP contribution in [0.5, 0.6) is 5.75 Å². The summed E-state index contributed by atoms with van der Waals surface area (Å²) in [5, 5.41) is 9.34. The standard InChI is InChI=1S/C14H19N5O2.ClH/c1-8(2)11(15)13(20)17-14-16-12(18-19-14)9-6-4-5-7-10(9)21-3;/h4-8,11H,15H2,1-3H3,(H2,16,17,18,19,20);1H/t11-;/m0./s1. The summed E-state index contributed by atoms with van der Waals surface area (Å²) < 4.78 is 5.26. The zero-order valence-electron chi connectivity index (χ0n) is 12.7. The average molecular weight is 326 g/mol. The molecule has 0 bridgehead atoms. The first-order valence-electron chi connectivity index (χ1n) is 6.65. The summed E-state index contributed by atoms with van der Waals surface area (Å²) in [6.45, 7) is 3.75. The van der Waals surface area contributed by atoms with Gasteiger partial charge in [-0.1, -0.05) is 26.0 Å². The average Bonchev–Trinajstić information content (AvgIpc) is 2.94. The molecule has 0 aliphatic carbocycles. The first-order chi connectivity index (χ1) is 10.0. The van der Waals surface area contributed by atoms with Gasteiger partial charge in [-0.25, -0.2) is 0 Å². The molecule has 1 aromatic heterocycles. The van der Waals surface area contributed by atoms with Gasteiger partial charge in [0.2, 0.25) is 11.9 Å². The quantitative estimate of drug-likeness (QED) is 0.777. The number of rotatable bonds is 5. The number of halogens is 1. The Morgan fingerprint density at radius 2 is 2.05 bits per heavy atom. The Bertz CT molecular complexity index is 629. The number of H-pyrrole nitrogens is 1. The van der Waals surface area contributed by atoms with Crippen LogP contribution in [-0.4, -0.2) is 34.2 Å². The van der Waals surface area contributed by atoms with Crippen LogP contribution in [0.25, 0.3) is 11.4 Å². The van der Waals surface area contributed by atoms with Crippen molar-refractivity contribution < 1.29 is 9.53 Å². The highest BCUT2D eigenvalue weighted by Gasteiger charge is 2.19. The van der Waals surface area contributed by atoms with E-state index in [-0.39, 0.29) is 30.2 Å². The number of nitrogens with one attached hydrogen (secondary N) is 2. The van der Waals surface area contributed by atoms with Gasteiger partial charge in [0.25, 0.3) is 0 Å². The molecule has 1 heterocycles. The number of ether oxygens (including phenoxy) is 1. The van der Waals surface area contributed by atoms with Crippen molar-refractivity contribution in [2.24, 2.45) is 11.7 Å². The van der Waals surface area contributed by atoms with Crippen molar-refractivity contribution in [1.82, 2.24) is 15.2 Å². The highest BCUT2D eigenvalue weighted by Crippen LogP contribution is 2.27. The fourth-order valence-corrected chi connectivity index (χ4v) is 1.77. The summed E-state index contributed by atoms with van der Waals surface area (Å²) in [4.78, 5) is 16.1. The molecule has 120 valence electrons. The predicted octanol–water partition coefficient (Wildman–Crippen LogP) is 1.82. The van der Waals surface area contributed by atoms with Gasteiger partial charge in [-0.3, -0.25) is 15.2 Å². The Balaban J connectivity index is 0.00000242. The van der Waals surface area contributed by atoms with E-state index in [4.69, 9.17) is 10.5 Å². The van der Waals surface area contributed by atoms with Crippen molar-refractivity contribution in [3.05, 3.63) is 24.3 Å². The van der Waals surface area contributed by atoms with Crippen LogP contribution < -0.4 is 15.8 Å². The Labute approximate surface area is 135 Å². The minimum Gasteiger partial charge on any atom is -0.496 e. The van der Waals surface area contributed by atoms with Gasteiger partial charge < -0.3 is 10.5 Å². The van der Waals surface area contributed by atoms with E-state index in [1.54, 1.807) is 7.11 Å². The van der Waals surface area contributed by atoms with Crippen LogP contribution in [0.2, 0.25) is 0 Å². The molecule has 0 unspecified atom stereocenters. The Morgan fingerprint density at radius 1 is 1.36 bits per heavy atom. The van der Waals surface area contributed by atoms with Crippen LogP contribution in [0, 0.1) is 5.92 Å². The number of aromatic amines is 1. The molecule has 0 aliphatic rings. The first-order valence-corrected chi connectivity index (χ1v) is 6.65. The SMILES string of the molecule is COc1ccccc1-c1nc(NC(=O)[C@@H](N)C(C)C)n[nH]1.Cl. The van der Waals surface area contributed by atoms with Gasteiger partial charge in [0.1, 0.15) is 5.75 Å². The maximum absolute atomic E-state index is 11.9. The molecule has 1 aromatic carbocycles. The van der Waals surface area contributed by atoms with Gasteiger partial charge in [0.15, 0.2) is 5.82 Å². The molecule has 4 N–H and O–H groups in total.